The number of carbonyl (C=O) groups excluding carboxylic acids is 1. The van der Waals surface area contributed by atoms with Gasteiger partial charge in [-0.25, -0.2) is 17.6 Å². The Bertz CT molecular complexity index is 440. The summed E-state index contributed by atoms with van der Waals surface area (Å²) >= 11 is 0. The van der Waals surface area contributed by atoms with Gasteiger partial charge in [-0.2, -0.15) is 0 Å². The van der Waals surface area contributed by atoms with Crippen LogP contribution in [-0.2, 0) is 0 Å². The predicted octanol–water partition coefficient (Wildman–Crippen LogP) is 2.66. The molecule has 92 valence electrons. The van der Waals surface area contributed by atoms with E-state index in [1.54, 1.807) is 0 Å². The van der Waals surface area contributed by atoms with Crippen molar-refractivity contribution in [3.05, 3.63) is 28.8 Å². The third-order valence-electron chi connectivity index (χ3n) is 2.81. The minimum Gasteiger partial charge on any atom is -0.367 e. The van der Waals surface area contributed by atoms with E-state index in [0.717, 1.165) is 0 Å². The highest BCUT2D eigenvalue weighted by Crippen LogP contribution is 2.32. The van der Waals surface area contributed by atoms with Gasteiger partial charge in [-0.15, -0.1) is 0 Å². The number of halogens is 4. The van der Waals surface area contributed by atoms with Crippen LogP contribution in [0, 0.1) is 23.3 Å². The van der Waals surface area contributed by atoms with Crippen molar-refractivity contribution in [2.24, 2.45) is 0 Å². The molecule has 1 aliphatic heterocycles. The van der Waals surface area contributed by atoms with Crippen molar-refractivity contribution in [3.8, 4) is 0 Å². The van der Waals surface area contributed by atoms with Crippen LogP contribution < -0.4 is 4.90 Å². The summed E-state index contributed by atoms with van der Waals surface area (Å²) in [6.07, 6.45) is 1.18. The molecule has 0 N–H and O–H groups in total. The molecule has 1 aromatic carbocycles. The fourth-order valence-electron chi connectivity index (χ4n) is 1.96. The highest BCUT2D eigenvalue weighted by Gasteiger charge is 2.29. The Kier molecular flexibility index (Phi) is 3.04. The smallest absolute Gasteiger partial charge is 0.186 e. The van der Waals surface area contributed by atoms with E-state index >= 15 is 0 Å². The fraction of sp³-hybridized carbons (Fsp3) is 0.364. The number of nitrogens with zero attached hydrogens (tertiary/aromatic N) is 1. The van der Waals surface area contributed by atoms with Gasteiger partial charge >= 0.3 is 0 Å². The summed E-state index contributed by atoms with van der Waals surface area (Å²) in [6.45, 7) is 0.681. The van der Waals surface area contributed by atoms with E-state index in [1.165, 1.54) is 4.90 Å². The van der Waals surface area contributed by atoms with Gasteiger partial charge in [0.05, 0.1) is 5.56 Å². The number of hydrogen-bond donors (Lipinski definition) is 0. The molecule has 0 saturated carbocycles. The molecule has 0 radical (unpaired) electrons. The molecule has 0 amide bonds. The molecule has 1 heterocycles. The molecule has 0 bridgehead atoms. The van der Waals surface area contributed by atoms with Gasteiger partial charge < -0.3 is 4.90 Å². The van der Waals surface area contributed by atoms with Crippen LogP contribution in [0.1, 0.15) is 23.2 Å². The van der Waals surface area contributed by atoms with Crippen LogP contribution in [-0.4, -0.2) is 19.4 Å². The van der Waals surface area contributed by atoms with Crippen molar-refractivity contribution >= 4 is 12.0 Å². The molecule has 0 spiro atoms. The van der Waals surface area contributed by atoms with Crippen molar-refractivity contribution in [2.45, 2.75) is 12.8 Å². The van der Waals surface area contributed by atoms with Gasteiger partial charge in [0.2, 0.25) is 0 Å². The summed E-state index contributed by atoms with van der Waals surface area (Å²) in [5.41, 5.74) is -1.92. The molecular weight excluding hydrogens is 238 g/mol. The zero-order valence-corrected chi connectivity index (χ0v) is 8.77. The van der Waals surface area contributed by atoms with E-state index in [-0.39, 0.29) is 6.29 Å². The van der Waals surface area contributed by atoms with E-state index in [4.69, 9.17) is 0 Å². The maximum atomic E-state index is 13.6. The Morgan fingerprint density at radius 3 is 1.76 bits per heavy atom. The van der Waals surface area contributed by atoms with E-state index in [0.29, 0.717) is 25.9 Å². The van der Waals surface area contributed by atoms with Gasteiger partial charge in [0, 0.05) is 13.1 Å². The van der Waals surface area contributed by atoms with Gasteiger partial charge in [-0.05, 0) is 12.8 Å². The van der Waals surface area contributed by atoms with Crippen molar-refractivity contribution < 1.29 is 22.4 Å². The second-order valence-corrected chi connectivity index (χ2v) is 3.83. The average Bonchev–Trinajstić information content (AvgIpc) is 2.81. The molecule has 17 heavy (non-hydrogen) atoms. The first-order valence-electron chi connectivity index (χ1n) is 5.14. The molecule has 1 saturated heterocycles. The zero-order valence-electron chi connectivity index (χ0n) is 8.77. The molecule has 1 fully saturated rings. The Hall–Kier alpha value is -1.59. The van der Waals surface area contributed by atoms with E-state index in [2.05, 4.69) is 0 Å². The number of carbonyl (C=O) groups is 1. The first-order chi connectivity index (χ1) is 8.07. The van der Waals surface area contributed by atoms with Gasteiger partial charge in [0.1, 0.15) is 5.69 Å². The normalized spacial score (nSPS) is 15.4. The van der Waals surface area contributed by atoms with E-state index < -0.39 is 34.5 Å². The van der Waals surface area contributed by atoms with Crippen LogP contribution in [0.2, 0.25) is 0 Å². The Balaban J connectivity index is 2.63. The number of rotatable bonds is 2. The largest absolute Gasteiger partial charge is 0.367 e. The quantitative estimate of drug-likeness (QED) is 0.455. The van der Waals surface area contributed by atoms with E-state index in [9.17, 15) is 22.4 Å². The van der Waals surface area contributed by atoms with Crippen molar-refractivity contribution in [3.63, 3.8) is 0 Å². The summed E-state index contributed by atoms with van der Waals surface area (Å²) in [4.78, 5) is 11.6. The van der Waals surface area contributed by atoms with Gasteiger partial charge in [-0.1, -0.05) is 0 Å². The maximum absolute atomic E-state index is 13.6. The molecule has 0 atom stereocenters. The number of benzene rings is 1. The van der Waals surface area contributed by atoms with Crippen LogP contribution >= 0.6 is 0 Å². The van der Waals surface area contributed by atoms with Gasteiger partial charge in [-0.3, -0.25) is 4.79 Å². The Morgan fingerprint density at radius 2 is 1.35 bits per heavy atom. The van der Waals surface area contributed by atoms with E-state index in [1.807, 2.05) is 0 Å². The number of anilines is 1. The highest BCUT2D eigenvalue weighted by atomic mass is 19.2. The number of hydrogen-bond acceptors (Lipinski definition) is 2. The summed E-state index contributed by atoms with van der Waals surface area (Å²) < 4.78 is 53.8. The summed E-state index contributed by atoms with van der Waals surface area (Å²) in [5.74, 6) is -6.29. The lowest BCUT2D eigenvalue weighted by Gasteiger charge is -2.20. The third-order valence-corrected chi connectivity index (χ3v) is 2.81. The van der Waals surface area contributed by atoms with Gasteiger partial charge in [0.15, 0.2) is 29.6 Å². The topological polar surface area (TPSA) is 20.3 Å². The molecule has 0 unspecified atom stereocenters. The standard InChI is InChI=1S/C11H9F4NO/c12-7-6(5-17)8(13)10(15)11(9(7)14)16-3-1-2-4-16/h5H,1-4H2. The van der Waals surface area contributed by atoms with Crippen LogP contribution in [0.5, 0.6) is 0 Å². The molecule has 2 rings (SSSR count). The fourth-order valence-corrected chi connectivity index (χ4v) is 1.96. The second kappa shape index (κ2) is 4.35. The van der Waals surface area contributed by atoms with Gasteiger partial charge in [0.25, 0.3) is 0 Å². The monoisotopic (exact) mass is 247 g/mol. The lowest BCUT2D eigenvalue weighted by molar-refractivity contribution is 0.111. The lowest BCUT2D eigenvalue weighted by atomic mass is 10.1. The third kappa shape index (κ3) is 1.77. The molecule has 0 aromatic heterocycles. The average molecular weight is 247 g/mol. The minimum atomic E-state index is -1.64. The second-order valence-electron chi connectivity index (χ2n) is 3.83. The maximum Gasteiger partial charge on any atom is 0.186 e. The molecule has 1 aliphatic rings. The molecule has 6 heteroatoms. The lowest BCUT2D eigenvalue weighted by Crippen LogP contribution is -2.22. The Labute approximate surface area is 94.8 Å². The molecule has 1 aromatic rings. The highest BCUT2D eigenvalue weighted by molar-refractivity contribution is 5.77. The summed E-state index contributed by atoms with van der Waals surface area (Å²) in [7, 11) is 0. The van der Waals surface area contributed by atoms with Crippen molar-refractivity contribution in [1.82, 2.24) is 0 Å². The summed E-state index contributed by atoms with van der Waals surface area (Å²) in [6, 6.07) is 0. The first kappa shape index (κ1) is 11.9. The Morgan fingerprint density at radius 1 is 0.882 bits per heavy atom. The van der Waals surface area contributed by atoms with Crippen LogP contribution in [0.15, 0.2) is 0 Å². The van der Waals surface area contributed by atoms with Crippen molar-refractivity contribution in [2.75, 3.05) is 18.0 Å². The first-order valence-corrected chi connectivity index (χ1v) is 5.14. The van der Waals surface area contributed by atoms with Crippen LogP contribution in [0.3, 0.4) is 0 Å². The predicted molar refractivity (Wildman–Crippen MR) is 53.1 cm³/mol. The molecular formula is C11H9F4NO. The SMILES string of the molecule is O=Cc1c(F)c(F)c(N2CCCC2)c(F)c1F. The minimum absolute atomic E-state index is 0.232. The van der Waals surface area contributed by atoms with Crippen LogP contribution in [0.25, 0.3) is 0 Å². The zero-order chi connectivity index (χ0) is 12.6. The molecule has 0 aliphatic carbocycles. The summed E-state index contributed by atoms with van der Waals surface area (Å²) in [5, 5.41) is 0. The molecule has 2 nitrogen and oxygen atoms in total. The number of aldehydes is 1. The van der Waals surface area contributed by atoms with Crippen molar-refractivity contribution in [1.29, 1.82) is 0 Å². The van der Waals surface area contributed by atoms with Crippen LogP contribution in [0.4, 0.5) is 23.2 Å².